The Hall–Kier alpha value is -6.68. The van der Waals surface area contributed by atoms with Crippen molar-refractivity contribution >= 4 is 46.1 Å². The molecule has 3 fully saturated rings. The van der Waals surface area contributed by atoms with Crippen molar-refractivity contribution in [2.45, 2.75) is 65.8 Å². The highest BCUT2D eigenvalue weighted by Gasteiger charge is 2.28. The summed E-state index contributed by atoms with van der Waals surface area (Å²) in [5, 5.41) is 17.8. The molecular weight excluding hydrogens is 797 g/mol. The average molecular weight is 851 g/mol. The van der Waals surface area contributed by atoms with Crippen LogP contribution >= 0.6 is 0 Å². The molecule has 7 heterocycles. The van der Waals surface area contributed by atoms with E-state index in [1.165, 1.54) is 5.69 Å². The van der Waals surface area contributed by atoms with Crippen molar-refractivity contribution in [3.8, 4) is 22.4 Å². The van der Waals surface area contributed by atoms with Gasteiger partial charge in [-0.05, 0) is 91.8 Å². The van der Waals surface area contributed by atoms with Crippen molar-refractivity contribution in [3.63, 3.8) is 0 Å². The van der Waals surface area contributed by atoms with Gasteiger partial charge in [0.15, 0.2) is 5.65 Å². The molecule has 326 valence electrons. The number of pyridine rings is 2. The number of anilines is 3. The summed E-state index contributed by atoms with van der Waals surface area (Å²) in [6.07, 6.45) is 6.40. The quantitative estimate of drug-likeness (QED) is 0.138. The second-order valence-electron chi connectivity index (χ2n) is 18.0. The van der Waals surface area contributed by atoms with Crippen LogP contribution in [0.2, 0.25) is 0 Å². The summed E-state index contributed by atoms with van der Waals surface area (Å²) < 4.78 is 5.28. The molecular formula is C47H54N12O4. The molecule has 63 heavy (non-hydrogen) atoms. The maximum absolute atomic E-state index is 12.7. The van der Waals surface area contributed by atoms with Crippen molar-refractivity contribution in [2.75, 3.05) is 67.1 Å². The number of rotatable bonds is 10. The van der Waals surface area contributed by atoms with Crippen LogP contribution in [0.1, 0.15) is 73.2 Å². The smallest absolute Gasteiger partial charge is 0.328 e. The number of H-pyrrole nitrogens is 1. The molecule has 0 spiro atoms. The number of benzene rings is 2. The Morgan fingerprint density at radius 1 is 0.841 bits per heavy atom. The van der Waals surface area contributed by atoms with Gasteiger partial charge in [-0.2, -0.15) is 10.1 Å². The second kappa shape index (κ2) is 17.2. The Morgan fingerprint density at radius 2 is 1.62 bits per heavy atom. The number of hydrogen-bond donors (Lipinski definition) is 3. The molecule has 3 aliphatic heterocycles. The number of nitrogens with one attached hydrogen (secondary N) is 3. The number of urea groups is 1. The summed E-state index contributed by atoms with van der Waals surface area (Å²) in [7, 11) is 0. The minimum Gasteiger partial charge on any atom is -0.372 e. The first-order valence-electron chi connectivity index (χ1n) is 21.8. The van der Waals surface area contributed by atoms with E-state index in [-0.39, 0.29) is 29.1 Å². The lowest BCUT2D eigenvalue weighted by Crippen LogP contribution is -2.49. The maximum atomic E-state index is 12.7. The molecule has 4 amide bonds. The highest BCUT2D eigenvalue weighted by Crippen LogP contribution is 2.33. The molecule has 9 rings (SSSR count). The number of carbonyl (C=O) groups is 3. The molecule has 3 N–H and O–H groups in total. The number of carbonyl (C=O) groups excluding carboxylic acids is 3. The number of piperazine rings is 1. The molecule has 16 nitrogen and oxygen atoms in total. The van der Waals surface area contributed by atoms with Crippen LogP contribution in [-0.4, -0.2) is 105 Å². The predicted molar refractivity (Wildman–Crippen MR) is 242 cm³/mol. The van der Waals surface area contributed by atoms with Gasteiger partial charge >= 0.3 is 6.03 Å². The molecule has 0 bridgehead atoms. The molecule has 2 aromatic carbocycles. The van der Waals surface area contributed by atoms with E-state index in [0.717, 1.165) is 115 Å². The molecule has 0 atom stereocenters. The van der Waals surface area contributed by atoms with Gasteiger partial charge in [0, 0.05) is 117 Å². The highest BCUT2D eigenvalue weighted by atomic mass is 16.5. The Labute approximate surface area is 366 Å². The summed E-state index contributed by atoms with van der Waals surface area (Å²) >= 11 is 0. The van der Waals surface area contributed by atoms with Gasteiger partial charge in [-0.3, -0.25) is 29.8 Å². The molecule has 6 aromatic rings. The zero-order chi connectivity index (χ0) is 43.8. The number of aromatic amines is 1. The van der Waals surface area contributed by atoms with Crippen molar-refractivity contribution in [2.24, 2.45) is 5.92 Å². The van der Waals surface area contributed by atoms with Crippen LogP contribution in [0.4, 0.5) is 22.0 Å². The van der Waals surface area contributed by atoms with Gasteiger partial charge in [0.25, 0.3) is 11.7 Å². The number of aryl methyl sites for hydroxylation is 2. The lowest BCUT2D eigenvalue weighted by Gasteiger charge is -2.40. The summed E-state index contributed by atoms with van der Waals surface area (Å²) in [5.74, 6) is 1.49. The second-order valence-corrected chi connectivity index (χ2v) is 18.0. The Kier molecular flexibility index (Phi) is 11.4. The first-order valence-corrected chi connectivity index (χ1v) is 21.8. The Bertz CT molecular complexity index is 2650. The zero-order valence-corrected chi connectivity index (χ0v) is 36.6. The van der Waals surface area contributed by atoms with E-state index < -0.39 is 0 Å². The molecule has 16 heteroatoms. The average Bonchev–Trinajstić information content (AvgIpc) is 3.96. The lowest BCUT2D eigenvalue weighted by atomic mass is 9.95. The van der Waals surface area contributed by atoms with E-state index >= 15 is 0 Å². The third kappa shape index (κ3) is 8.98. The largest absolute Gasteiger partial charge is 0.372 e. The van der Waals surface area contributed by atoms with E-state index in [1.807, 2.05) is 65.2 Å². The molecule has 0 radical (unpaired) electrons. The summed E-state index contributed by atoms with van der Waals surface area (Å²) in [5.41, 5.74) is 9.18. The fourth-order valence-electron chi connectivity index (χ4n) is 8.78. The number of piperidine rings is 1. The van der Waals surface area contributed by atoms with Gasteiger partial charge in [0.05, 0.1) is 5.69 Å². The molecule has 3 aliphatic rings. The normalized spacial score (nSPS) is 16.8. The maximum Gasteiger partial charge on any atom is 0.328 e. The van der Waals surface area contributed by atoms with Crippen LogP contribution in [0.15, 0.2) is 71.5 Å². The minimum atomic E-state index is -0.384. The standard InChI is InChI=1S/C47H54N12O4/c1-29-22-32(6-7-33(29)25-50-44(61)43-52-45(63-55-43)47(3,4)5)41-37-24-35(27-49-42(37)54-53-41)34-8-11-39(48-26-34)58-20-18-56(19-21-58)28-31-12-15-57(16-13-31)36-9-10-38(30(2)23-36)59-17-14-40(60)51-46(59)62/h6-11,22-24,26-27,31H,12-21,25,28H2,1-5H3,(H,50,61)(H,49,53,54)(H,51,60,62). The first kappa shape index (κ1) is 41.7. The third-order valence-electron chi connectivity index (χ3n) is 12.5. The van der Waals surface area contributed by atoms with Gasteiger partial charge in [0.1, 0.15) is 5.82 Å². The third-order valence-corrected chi connectivity index (χ3v) is 12.5. The number of fused-ring (bicyclic) bond motifs is 1. The van der Waals surface area contributed by atoms with Gasteiger partial charge in [-0.25, -0.2) is 14.8 Å². The van der Waals surface area contributed by atoms with E-state index in [1.54, 1.807) is 4.90 Å². The molecule has 0 saturated carbocycles. The summed E-state index contributed by atoms with van der Waals surface area (Å²) in [6.45, 7) is 17.7. The van der Waals surface area contributed by atoms with Crippen LogP contribution in [0.3, 0.4) is 0 Å². The summed E-state index contributed by atoms with van der Waals surface area (Å²) in [4.78, 5) is 59.7. The first-order chi connectivity index (χ1) is 30.4. The van der Waals surface area contributed by atoms with Gasteiger partial charge in [-0.1, -0.05) is 38.1 Å². The topological polar surface area (TPSA) is 182 Å². The van der Waals surface area contributed by atoms with Crippen molar-refractivity contribution in [3.05, 3.63) is 95.4 Å². The molecule has 0 aliphatic carbocycles. The molecule has 3 saturated heterocycles. The lowest BCUT2D eigenvalue weighted by molar-refractivity contribution is -0.120. The summed E-state index contributed by atoms with van der Waals surface area (Å²) in [6, 6.07) is 18.4. The minimum absolute atomic E-state index is 0.0231. The van der Waals surface area contributed by atoms with E-state index in [9.17, 15) is 14.4 Å². The number of imide groups is 1. The fourth-order valence-corrected chi connectivity index (χ4v) is 8.78. The van der Waals surface area contributed by atoms with E-state index in [2.05, 4.69) is 87.1 Å². The van der Waals surface area contributed by atoms with Crippen molar-refractivity contribution in [1.82, 2.24) is 45.8 Å². The van der Waals surface area contributed by atoms with Crippen molar-refractivity contribution in [1.29, 1.82) is 0 Å². The Morgan fingerprint density at radius 3 is 2.32 bits per heavy atom. The molecule has 0 unspecified atom stereocenters. The fraction of sp³-hybridized carbons (Fsp3) is 0.404. The molecule has 4 aromatic heterocycles. The number of aromatic nitrogens is 6. The number of amides is 4. The van der Waals surface area contributed by atoms with Crippen LogP contribution < -0.4 is 25.3 Å². The number of nitrogens with zero attached hydrogens (tertiary/aromatic N) is 9. The van der Waals surface area contributed by atoms with Crippen molar-refractivity contribution < 1.29 is 18.9 Å². The zero-order valence-electron chi connectivity index (χ0n) is 36.6. The predicted octanol–water partition coefficient (Wildman–Crippen LogP) is 6.40. The van der Waals surface area contributed by atoms with Gasteiger partial charge in [-0.15, -0.1) is 0 Å². The van der Waals surface area contributed by atoms with Crippen LogP contribution in [0.25, 0.3) is 33.4 Å². The van der Waals surface area contributed by atoms with Crippen LogP contribution in [0, 0.1) is 19.8 Å². The SMILES string of the molecule is Cc1cc(-c2[nH]nc3ncc(-c4ccc(N5CCN(CC6CCN(c7ccc(N8CCC(=O)NC8=O)c(C)c7)CC6)CC5)nc4)cc23)ccc1CNC(=O)c1noc(C(C)(C)C)n1. The van der Waals surface area contributed by atoms with E-state index in [4.69, 9.17) is 9.51 Å². The van der Waals surface area contributed by atoms with Gasteiger partial charge < -0.3 is 19.6 Å². The van der Waals surface area contributed by atoms with Gasteiger partial charge in [0.2, 0.25) is 11.8 Å². The van der Waals surface area contributed by atoms with Crippen LogP contribution in [0.5, 0.6) is 0 Å². The van der Waals surface area contributed by atoms with Crippen LogP contribution in [-0.2, 0) is 16.8 Å². The number of hydrogen-bond acceptors (Lipinski definition) is 12. The Balaban J connectivity index is 0.762. The van der Waals surface area contributed by atoms with E-state index in [0.29, 0.717) is 37.0 Å². The highest BCUT2D eigenvalue weighted by molar-refractivity contribution is 6.06. The monoisotopic (exact) mass is 850 g/mol.